The van der Waals surface area contributed by atoms with Crippen molar-refractivity contribution in [3.63, 3.8) is 0 Å². The Balaban J connectivity index is 1.64. The minimum Gasteiger partial charge on any atom is -0.481 e. The first-order valence-corrected chi connectivity index (χ1v) is 14.0. The van der Waals surface area contributed by atoms with E-state index in [-0.39, 0.29) is 65.0 Å². The summed E-state index contributed by atoms with van der Waals surface area (Å²) in [5, 5.41) is 20.9. The predicted octanol–water partition coefficient (Wildman–Crippen LogP) is 4.92. The first kappa shape index (κ1) is 27.9. The summed E-state index contributed by atoms with van der Waals surface area (Å²) in [7, 11) is 0. The molecular formula is C30H44O7. The van der Waals surface area contributed by atoms with Gasteiger partial charge in [-0.2, -0.15) is 0 Å². The summed E-state index contributed by atoms with van der Waals surface area (Å²) in [6.45, 7) is 13.8. The highest BCUT2D eigenvalue weighted by Crippen LogP contribution is 2.69. The number of rotatable bonds is 8. The van der Waals surface area contributed by atoms with E-state index in [1.165, 1.54) is 12.2 Å². The molecule has 0 saturated heterocycles. The molecule has 0 radical (unpaired) electrons. The topological polar surface area (TPSA) is 110 Å². The maximum Gasteiger partial charge on any atom is 0.330 e. The predicted molar refractivity (Wildman–Crippen MR) is 138 cm³/mol. The van der Waals surface area contributed by atoms with Gasteiger partial charge in [-0.15, -0.1) is 0 Å². The lowest BCUT2D eigenvalue weighted by Crippen LogP contribution is -2.63. The Morgan fingerprint density at radius 3 is 2.32 bits per heavy atom. The van der Waals surface area contributed by atoms with Gasteiger partial charge in [0.05, 0.1) is 6.10 Å². The van der Waals surface area contributed by atoms with E-state index in [0.717, 1.165) is 32.1 Å². The summed E-state index contributed by atoms with van der Waals surface area (Å²) in [5.41, 5.74) is -0.382. The zero-order chi connectivity index (χ0) is 27.1. The fraction of sp³-hybridized carbons (Fsp3) is 0.767. The average Bonchev–Trinajstić information content (AvgIpc) is 3.21. The van der Waals surface area contributed by atoms with Crippen LogP contribution in [0.25, 0.3) is 0 Å². The summed E-state index contributed by atoms with van der Waals surface area (Å²) >= 11 is 0. The van der Waals surface area contributed by atoms with Crippen LogP contribution < -0.4 is 0 Å². The molecule has 4 saturated carbocycles. The summed E-state index contributed by atoms with van der Waals surface area (Å²) < 4.78 is 11.7. The van der Waals surface area contributed by atoms with Crippen molar-refractivity contribution >= 4 is 17.9 Å². The van der Waals surface area contributed by atoms with Crippen LogP contribution in [0.5, 0.6) is 0 Å². The number of carbonyl (C=O) groups excluding carboxylic acids is 2. The van der Waals surface area contributed by atoms with Crippen LogP contribution in [0.15, 0.2) is 25.3 Å². The maximum absolute atomic E-state index is 12.5. The molecule has 206 valence electrons. The first-order chi connectivity index (χ1) is 17.4. The van der Waals surface area contributed by atoms with Crippen LogP contribution >= 0.6 is 0 Å². The van der Waals surface area contributed by atoms with Crippen molar-refractivity contribution in [3.05, 3.63) is 25.3 Å². The van der Waals surface area contributed by atoms with Crippen LogP contribution in [0.2, 0.25) is 0 Å². The lowest BCUT2D eigenvalue weighted by Gasteiger charge is -2.64. The Bertz CT molecular complexity index is 929. The molecule has 0 aliphatic heterocycles. The highest BCUT2D eigenvalue weighted by molar-refractivity contribution is 5.81. The summed E-state index contributed by atoms with van der Waals surface area (Å²) in [6, 6.07) is 0. The van der Waals surface area contributed by atoms with Crippen molar-refractivity contribution in [2.75, 3.05) is 0 Å². The molecule has 0 heterocycles. The second-order valence-electron chi connectivity index (χ2n) is 12.7. The second-order valence-corrected chi connectivity index (χ2v) is 12.7. The number of esters is 2. The summed E-state index contributed by atoms with van der Waals surface area (Å²) in [5.74, 6) is -0.533. The van der Waals surface area contributed by atoms with Crippen molar-refractivity contribution < 1.29 is 34.1 Å². The van der Waals surface area contributed by atoms with Crippen molar-refractivity contribution in [2.45, 2.75) is 96.9 Å². The van der Waals surface area contributed by atoms with E-state index in [1.54, 1.807) is 0 Å². The lowest BCUT2D eigenvalue weighted by atomic mass is 9.43. The molecule has 0 bridgehead atoms. The molecule has 7 nitrogen and oxygen atoms in total. The minimum atomic E-state index is -0.791. The number of ether oxygens (including phenoxy) is 2. The van der Waals surface area contributed by atoms with Gasteiger partial charge in [-0.25, -0.2) is 9.59 Å². The third kappa shape index (κ3) is 4.88. The Labute approximate surface area is 220 Å². The van der Waals surface area contributed by atoms with Crippen LogP contribution in [-0.4, -0.2) is 46.4 Å². The Kier molecular flexibility index (Phi) is 7.95. The smallest absolute Gasteiger partial charge is 0.330 e. The first-order valence-electron chi connectivity index (χ1n) is 14.0. The number of carboxylic acid groups (broad SMARTS) is 1. The van der Waals surface area contributed by atoms with E-state index in [9.17, 15) is 24.6 Å². The number of aliphatic hydroxyl groups is 1. The molecule has 4 aliphatic rings. The van der Waals surface area contributed by atoms with Gasteiger partial charge in [0.25, 0.3) is 0 Å². The zero-order valence-corrected chi connectivity index (χ0v) is 22.6. The Hall–Kier alpha value is -2.15. The molecule has 7 heteroatoms. The average molecular weight is 517 g/mol. The normalized spacial score (nSPS) is 43.4. The van der Waals surface area contributed by atoms with Crippen LogP contribution in [0.1, 0.15) is 78.6 Å². The van der Waals surface area contributed by atoms with Gasteiger partial charge in [-0.05, 0) is 92.3 Å². The molecule has 11 atom stereocenters. The van der Waals surface area contributed by atoms with Crippen LogP contribution in [0.3, 0.4) is 0 Å². The Morgan fingerprint density at radius 1 is 1.00 bits per heavy atom. The van der Waals surface area contributed by atoms with Gasteiger partial charge in [0, 0.05) is 24.0 Å². The number of carbonyl (C=O) groups is 3. The molecule has 0 aromatic heterocycles. The molecule has 0 spiro atoms. The third-order valence-electron chi connectivity index (χ3n) is 11.2. The van der Waals surface area contributed by atoms with Gasteiger partial charge in [0.15, 0.2) is 0 Å². The van der Waals surface area contributed by atoms with Crippen molar-refractivity contribution in [3.8, 4) is 0 Å². The standard InChI is InChI=1S/C30H44O7/c1-6-26(34)36-19-12-13-29(4)18(14-19)15-23(31)28-21-10-9-20(17(3)8-11-25(32)33)30(21,5)24(16-22(28)29)37-27(35)7-2/h6-7,17-24,28,31H,1-2,8-16H2,3-5H3,(H,32,33)/t17-,18+,19-,20?,21+,22+,23-,24+,28+,29+,30-/m1/s1. The number of hydrogen-bond donors (Lipinski definition) is 2. The monoisotopic (exact) mass is 516 g/mol. The van der Waals surface area contributed by atoms with E-state index < -0.39 is 24.0 Å². The second kappa shape index (κ2) is 10.5. The van der Waals surface area contributed by atoms with E-state index in [4.69, 9.17) is 9.47 Å². The van der Waals surface area contributed by atoms with Crippen molar-refractivity contribution in [1.82, 2.24) is 0 Å². The fourth-order valence-electron chi connectivity index (χ4n) is 9.32. The highest BCUT2D eigenvalue weighted by Gasteiger charge is 2.67. The molecule has 1 unspecified atom stereocenters. The molecule has 0 aromatic rings. The van der Waals surface area contributed by atoms with Crippen LogP contribution in [0, 0.1) is 46.3 Å². The largest absolute Gasteiger partial charge is 0.481 e. The fourth-order valence-corrected chi connectivity index (χ4v) is 9.32. The molecule has 4 rings (SSSR count). The zero-order valence-electron chi connectivity index (χ0n) is 22.6. The van der Waals surface area contributed by atoms with Gasteiger partial charge in [-0.3, -0.25) is 4.79 Å². The molecule has 0 aromatic carbocycles. The number of aliphatic hydroxyl groups excluding tert-OH is 1. The number of carboxylic acids is 1. The van der Waals surface area contributed by atoms with Gasteiger partial charge in [0.1, 0.15) is 12.2 Å². The van der Waals surface area contributed by atoms with Crippen LogP contribution in [0.4, 0.5) is 0 Å². The molecular weight excluding hydrogens is 472 g/mol. The lowest BCUT2D eigenvalue weighted by molar-refractivity contribution is -0.217. The molecule has 2 N–H and O–H groups in total. The van der Waals surface area contributed by atoms with Gasteiger partial charge in [-0.1, -0.05) is 33.9 Å². The van der Waals surface area contributed by atoms with Gasteiger partial charge in [0.2, 0.25) is 0 Å². The molecule has 37 heavy (non-hydrogen) atoms. The van der Waals surface area contributed by atoms with Gasteiger partial charge >= 0.3 is 17.9 Å². The maximum atomic E-state index is 12.5. The van der Waals surface area contributed by atoms with E-state index in [1.807, 2.05) is 0 Å². The number of aliphatic carboxylic acids is 1. The van der Waals surface area contributed by atoms with E-state index in [0.29, 0.717) is 19.3 Å². The van der Waals surface area contributed by atoms with E-state index >= 15 is 0 Å². The SMILES string of the molecule is C=CC(=O)O[C@@H]1CC[C@@]2(C)[C@@H](C1)C[C@@H](O)[C@@H]1[C@@H]2C[C@H](OC(=O)C=C)[C@]2(C)C([C@H](C)CCC(=O)O)CC[C@@H]12. The number of fused-ring (bicyclic) bond motifs is 5. The molecule has 4 aliphatic carbocycles. The third-order valence-corrected chi connectivity index (χ3v) is 11.2. The quantitative estimate of drug-likeness (QED) is 0.348. The van der Waals surface area contributed by atoms with Crippen molar-refractivity contribution in [2.24, 2.45) is 46.3 Å². The molecule has 4 fully saturated rings. The summed E-state index contributed by atoms with van der Waals surface area (Å²) in [4.78, 5) is 35.7. The summed E-state index contributed by atoms with van der Waals surface area (Å²) in [6.07, 6.45) is 7.84. The Morgan fingerprint density at radius 2 is 1.68 bits per heavy atom. The van der Waals surface area contributed by atoms with E-state index in [2.05, 4.69) is 33.9 Å². The highest BCUT2D eigenvalue weighted by atomic mass is 16.5. The van der Waals surface area contributed by atoms with Crippen LogP contribution in [-0.2, 0) is 23.9 Å². The minimum absolute atomic E-state index is 0.0475. The van der Waals surface area contributed by atoms with Crippen molar-refractivity contribution in [1.29, 1.82) is 0 Å². The molecule has 0 amide bonds. The van der Waals surface area contributed by atoms with Gasteiger partial charge < -0.3 is 19.7 Å². The number of hydrogen-bond acceptors (Lipinski definition) is 6.